The minimum Gasteiger partial charge on any atom is -0.508 e. The molecule has 212 valence electrons. The Labute approximate surface area is 235 Å². The number of hydrogen-bond acceptors (Lipinski definition) is 6. The summed E-state index contributed by atoms with van der Waals surface area (Å²) in [5.74, 6) is -2.26. The molecule has 1 saturated heterocycles. The Morgan fingerprint density at radius 2 is 1.65 bits per heavy atom. The van der Waals surface area contributed by atoms with Gasteiger partial charge in [-0.15, -0.1) is 0 Å². The van der Waals surface area contributed by atoms with E-state index in [0.29, 0.717) is 24.0 Å². The Kier molecular flexibility index (Phi) is 8.84. The van der Waals surface area contributed by atoms with Crippen molar-refractivity contribution in [1.29, 1.82) is 0 Å². The standard InChI is InChI=1S/C33H39NO6/c35-19-24-18-27-31(33(40)34(32(27)39)25-9-5-2-6-10-25)28(20-36)30(24)29(38)16-13-23(22-7-3-1-4-8-22)17-21-11-14-26(37)15-12-21/h1,3-4,7-8,11-12,14-15,17,25,27-29,31,35-38H,2,5-6,9-10,13,16,18-20H2/b23-17-/t27-,28+,29-,31-/m1/s1. The number of amides is 2. The number of nitrogens with zero attached hydrogens (tertiary/aromatic N) is 1. The topological polar surface area (TPSA) is 118 Å². The summed E-state index contributed by atoms with van der Waals surface area (Å²) in [4.78, 5) is 28.6. The molecule has 5 rings (SSSR count). The molecule has 2 fully saturated rings. The lowest BCUT2D eigenvalue weighted by Crippen LogP contribution is -2.42. The molecule has 0 bridgehead atoms. The van der Waals surface area contributed by atoms with Gasteiger partial charge in [-0.25, -0.2) is 0 Å². The number of carbonyl (C=O) groups excluding carboxylic acids is 2. The summed E-state index contributed by atoms with van der Waals surface area (Å²) in [5, 5.41) is 42.0. The average Bonchev–Trinajstić information content (AvgIpc) is 3.24. The Morgan fingerprint density at radius 3 is 2.30 bits per heavy atom. The maximum atomic E-state index is 13.7. The fourth-order valence-electron chi connectivity index (χ4n) is 7.00. The predicted molar refractivity (Wildman–Crippen MR) is 153 cm³/mol. The van der Waals surface area contributed by atoms with Crippen molar-refractivity contribution in [3.05, 3.63) is 76.9 Å². The summed E-state index contributed by atoms with van der Waals surface area (Å²) in [6.07, 6.45) is 6.80. The molecule has 2 aromatic rings. The quantitative estimate of drug-likeness (QED) is 0.212. The van der Waals surface area contributed by atoms with Gasteiger partial charge in [0.2, 0.25) is 11.8 Å². The Balaban J connectivity index is 1.39. The number of phenolic OH excluding ortho intramolecular Hbond substituents is 1. The number of hydrogen-bond donors (Lipinski definition) is 4. The molecule has 0 radical (unpaired) electrons. The van der Waals surface area contributed by atoms with Gasteiger partial charge in [-0.3, -0.25) is 14.5 Å². The summed E-state index contributed by atoms with van der Waals surface area (Å²) >= 11 is 0. The zero-order valence-corrected chi connectivity index (χ0v) is 22.8. The van der Waals surface area contributed by atoms with Crippen molar-refractivity contribution in [3.63, 3.8) is 0 Å². The van der Waals surface area contributed by atoms with Gasteiger partial charge in [0, 0.05) is 12.0 Å². The summed E-state index contributed by atoms with van der Waals surface area (Å²) < 4.78 is 0. The van der Waals surface area contributed by atoms with E-state index in [2.05, 4.69) is 0 Å². The molecule has 4 atom stereocenters. The number of phenols is 1. The van der Waals surface area contributed by atoms with Crippen LogP contribution in [0.1, 0.15) is 62.5 Å². The number of rotatable bonds is 9. The largest absolute Gasteiger partial charge is 0.508 e. The van der Waals surface area contributed by atoms with Gasteiger partial charge in [-0.1, -0.05) is 67.8 Å². The highest BCUT2D eigenvalue weighted by molar-refractivity contribution is 6.06. The van der Waals surface area contributed by atoms with Gasteiger partial charge in [-0.2, -0.15) is 0 Å². The van der Waals surface area contributed by atoms with Crippen molar-refractivity contribution in [2.45, 2.75) is 63.5 Å². The van der Waals surface area contributed by atoms with Crippen LogP contribution >= 0.6 is 0 Å². The van der Waals surface area contributed by atoms with E-state index in [1.807, 2.05) is 48.5 Å². The van der Waals surface area contributed by atoms with Crippen LogP contribution in [-0.4, -0.2) is 62.5 Å². The maximum Gasteiger partial charge on any atom is 0.234 e. The third-order valence-corrected chi connectivity index (χ3v) is 8.97. The van der Waals surface area contributed by atoms with Crippen LogP contribution in [0.15, 0.2) is 65.7 Å². The van der Waals surface area contributed by atoms with E-state index in [-0.39, 0.29) is 43.2 Å². The molecule has 2 amide bonds. The molecule has 2 aliphatic carbocycles. The maximum absolute atomic E-state index is 13.7. The normalized spacial score (nSPS) is 24.9. The first kappa shape index (κ1) is 28.3. The van der Waals surface area contributed by atoms with Crippen molar-refractivity contribution in [3.8, 4) is 5.75 Å². The molecule has 1 heterocycles. The minimum absolute atomic E-state index is 0.0943. The Hall–Kier alpha value is -3.26. The first-order valence-corrected chi connectivity index (χ1v) is 14.5. The molecule has 7 nitrogen and oxygen atoms in total. The first-order chi connectivity index (χ1) is 19.4. The summed E-state index contributed by atoms with van der Waals surface area (Å²) in [6.45, 7) is -0.699. The molecular weight excluding hydrogens is 506 g/mol. The lowest BCUT2D eigenvalue weighted by Gasteiger charge is -2.36. The summed E-state index contributed by atoms with van der Waals surface area (Å²) in [6, 6.07) is 16.7. The smallest absolute Gasteiger partial charge is 0.234 e. The molecule has 7 heteroatoms. The van der Waals surface area contributed by atoms with Crippen LogP contribution in [0.4, 0.5) is 0 Å². The van der Waals surface area contributed by atoms with Crippen LogP contribution in [0.25, 0.3) is 11.6 Å². The third kappa shape index (κ3) is 5.64. The zero-order valence-electron chi connectivity index (χ0n) is 22.8. The van der Waals surface area contributed by atoms with E-state index in [1.54, 1.807) is 12.1 Å². The lowest BCUT2D eigenvalue weighted by atomic mass is 9.68. The molecule has 0 unspecified atom stereocenters. The summed E-state index contributed by atoms with van der Waals surface area (Å²) in [5.41, 5.74) is 3.97. The van der Waals surface area contributed by atoms with Crippen LogP contribution in [-0.2, 0) is 9.59 Å². The molecule has 1 saturated carbocycles. The number of aromatic hydroxyl groups is 1. The van der Waals surface area contributed by atoms with E-state index in [4.69, 9.17) is 0 Å². The van der Waals surface area contributed by atoms with Crippen LogP contribution in [0.3, 0.4) is 0 Å². The zero-order chi connectivity index (χ0) is 28.2. The number of aliphatic hydroxyl groups excluding tert-OH is 3. The molecule has 0 spiro atoms. The fourth-order valence-corrected chi connectivity index (χ4v) is 7.00. The Bertz CT molecular complexity index is 1260. The second kappa shape index (κ2) is 12.5. The second-order valence-electron chi connectivity index (χ2n) is 11.4. The van der Waals surface area contributed by atoms with E-state index in [9.17, 15) is 30.0 Å². The minimum atomic E-state index is -0.987. The molecule has 0 aromatic heterocycles. The van der Waals surface area contributed by atoms with Gasteiger partial charge in [0.25, 0.3) is 0 Å². The van der Waals surface area contributed by atoms with Crippen molar-refractivity contribution in [2.75, 3.05) is 13.2 Å². The Morgan fingerprint density at radius 1 is 0.950 bits per heavy atom. The van der Waals surface area contributed by atoms with Gasteiger partial charge >= 0.3 is 0 Å². The highest BCUT2D eigenvalue weighted by Crippen LogP contribution is 2.47. The number of allylic oxidation sites excluding steroid dienone is 1. The number of likely N-dealkylation sites (tertiary alicyclic amines) is 1. The fraction of sp³-hybridized carbons (Fsp3) is 0.455. The molecule has 4 N–H and O–H groups in total. The van der Waals surface area contributed by atoms with E-state index >= 15 is 0 Å². The van der Waals surface area contributed by atoms with Gasteiger partial charge in [0.1, 0.15) is 5.75 Å². The molecule has 3 aliphatic rings. The average molecular weight is 546 g/mol. The van der Waals surface area contributed by atoms with E-state index < -0.39 is 23.9 Å². The first-order valence-electron chi connectivity index (χ1n) is 14.5. The monoisotopic (exact) mass is 545 g/mol. The number of fused-ring (bicyclic) bond motifs is 1. The number of benzene rings is 2. The van der Waals surface area contributed by atoms with Crippen LogP contribution in [0.5, 0.6) is 5.75 Å². The lowest BCUT2D eigenvalue weighted by molar-refractivity contribution is -0.143. The van der Waals surface area contributed by atoms with Crippen molar-refractivity contribution >= 4 is 23.5 Å². The van der Waals surface area contributed by atoms with Gasteiger partial charge in [0.05, 0.1) is 31.2 Å². The molecule has 40 heavy (non-hydrogen) atoms. The summed E-state index contributed by atoms with van der Waals surface area (Å²) in [7, 11) is 0. The number of imide groups is 1. The SMILES string of the molecule is O=C1[C@@H]2[C@@H](CC(CO)=C([C@H](O)CC/C(=C/c3ccc(O)cc3)c3ccccc3)[C@@H]2CO)C(=O)N1C1CCCCC1. The third-order valence-electron chi connectivity index (χ3n) is 8.97. The molecule has 2 aromatic carbocycles. The predicted octanol–water partition coefficient (Wildman–Crippen LogP) is 4.31. The van der Waals surface area contributed by atoms with Crippen molar-refractivity contribution in [2.24, 2.45) is 17.8 Å². The molecule has 1 aliphatic heterocycles. The van der Waals surface area contributed by atoms with Crippen LogP contribution < -0.4 is 0 Å². The second-order valence-corrected chi connectivity index (χ2v) is 11.4. The van der Waals surface area contributed by atoms with Crippen molar-refractivity contribution < 1.29 is 30.0 Å². The van der Waals surface area contributed by atoms with E-state index in [0.717, 1.165) is 48.8 Å². The highest BCUT2D eigenvalue weighted by atomic mass is 16.3. The van der Waals surface area contributed by atoms with Crippen molar-refractivity contribution in [1.82, 2.24) is 4.90 Å². The number of carbonyl (C=O) groups is 2. The highest BCUT2D eigenvalue weighted by Gasteiger charge is 2.56. The molecular formula is C33H39NO6. The van der Waals surface area contributed by atoms with E-state index in [1.165, 1.54) is 4.90 Å². The van der Waals surface area contributed by atoms with Gasteiger partial charge in [-0.05, 0) is 72.1 Å². The van der Waals surface area contributed by atoms with Crippen LogP contribution in [0.2, 0.25) is 0 Å². The number of aliphatic hydroxyl groups is 3. The van der Waals surface area contributed by atoms with Gasteiger partial charge < -0.3 is 20.4 Å². The van der Waals surface area contributed by atoms with Gasteiger partial charge in [0.15, 0.2) is 0 Å². The van der Waals surface area contributed by atoms with Crippen LogP contribution in [0, 0.1) is 17.8 Å².